The van der Waals surface area contributed by atoms with Crippen molar-refractivity contribution in [3.63, 3.8) is 0 Å². The molecule has 0 saturated heterocycles. The van der Waals surface area contributed by atoms with Gasteiger partial charge in [-0.3, -0.25) is 0 Å². The average Bonchev–Trinajstić information content (AvgIpc) is 2.73. The molecule has 3 nitrogen and oxygen atoms in total. The molecule has 3 aromatic rings. The van der Waals surface area contributed by atoms with Gasteiger partial charge in [-0.1, -0.05) is 60.1 Å². The molecule has 23 heavy (non-hydrogen) atoms. The summed E-state index contributed by atoms with van der Waals surface area (Å²) >= 11 is 6.33. The molecule has 112 valence electrons. The molecule has 4 rings (SSSR count). The zero-order chi connectivity index (χ0) is 15.8. The van der Waals surface area contributed by atoms with Crippen molar-refractivity contribution in [3.8, 4) is 0 Å². The van der Waals surface area contributed by atoms with Crippen LogP contribution in [0.2, 0.25) is 5.15 Å². The minimum Gasteiger partial charge on any atom is -0.342 e. The third-order valence-electron chi connectivity index (χ3n) is 4.01. The van der Waals surface area contributed by atoms with Crippen molar-refractivity contribution in [1.82, 2.24) is 4.98 Å². The molecule has 1 aliphatic rings. The molecule has 2 heterocycles. The third kappa shape index (κ3) is 2.30. The third-order valence-corrected chi connectivity index (χ3v) is 4.29. The van der Waals surface area contributed by atoms with Gasteiger partial charge in [0, 0.05) is 24.4 Å². The van der Waals surface area contributed by atoms with E-state index in [0.717, 1.165) is 28.2 Å². The molecule has 0 unspecified atom stereocenters. The van der Waals surface area contributed by atoms with E-state index in [-0.39, 0.29) is 0 Å². The first-order valence-corrected chi connectivity index (χ1v) is 7.75. The highest BCUT2D eigenvalue weighted by atomic mass is 35.5. The molecule has 0 radical (unpaired) electrons. The molecule has 0 atom stereocenters. The lowest BCUT2D eigenvalue weighted by Gasteiger charge is -2.21. The summed E-state index contributed by atoms with van der Waals surface area (Å²) in [7, 11) is 2.03. The maximum atomic E-state index is 6.33. The number of hydrogen-bond donors (Lipinski definition) is 0. The number of anilines is 2. The van der Waals surface area contributed by atoms with E-state index in [9.17, 15) is 0 Å². The zero-order valence-corrected chi connectivity index (χ0v) is 13.3. The highest BCUT2D eigenvalue weighted by Crippen LogP contribution is 2.42. The van der Waals surface area contributed by atoms with Crippen LogP contribution in [-0.2, 0) is 0 Å². The second-order valence-electron chi connectivity index (χ2n) is 5.37. The standard InChI is InChI=1S/C19H14ClN3/c1-23-15-10-6-5-9-14(15)17(13-7-3-2-4-8-13)22-18-16(23)11-12-21-19(18)20/h2-12H,1H3. The van der Waals surface area contributed by atoms with Gasteiger partial charge < -0.3 is 4.90 Å². The van der Waals surface area contributed by atoms with Crippen LogP contribution >= 0.6 is 11.6 Å². The van der Waals surface area contributed by atoms with Crippen molar-refractivity contribution in [2.24, 2.45) is 4.99 Å². The Balaban J connectivity index is 2.07. The van der Waals surface area contributed by atoms with Gasteiger partial charge in [0.1, 0.15) is 5.69 Å². The van der Waals surface area contributed by atoms with Crippen LogP contribution in [0.5, 0.6) is 0 Å². The lowest BCUT2D eigenvalue weighted by molar-refractivity contribution is 1.19. The van der Waals surface area contributed by atoms with E-state index in [0.29, 0.717) is 10.8 Å². The fourth-order valence-corrected chi connectivity index (χ4v) is 3.07. The highest BCUT2D eigenvalue weighted by molar-refractivity contribution is 6.33. The normalized spacial score (nSPS) is 13.0. The van der Waals surface area contributed by atoms with Crippen LogP contribution in [0.25, 0.3) is 0 Å². The van der Waals surface area contributed by atoms with Gasteiger partial charge in [0.15, 0.2) is 5.15 Å². The minimum absolute atomic E-state index is 0.413. The van der Waals surface area contributed by atoms with Gasteiger partial charge >= 0.3 is 0 Å². The summed E-state index contributed by atoms with van der Waals surface area (Å²) in [4.78, 5) is 11.2. The predicted molar refractivity (Wildman–Crippen MR) is 95.5 cm³/mol. The Hall–Kier alpha value is -2.65. The second-order valence-corrected chi connectivity index (χ2v) is 5.73. The highest BCUT2D eigenvalue weighted by Gasteiger charge is 2.22. The quantitative estimate of drug-likeness (QED) is 0.591. The SMILES string of the molecule is CN1c2ccccc2C(c2ccccc2)=Nc2c1ccnc2Cl. The predicted octanol–water partition coefficient (Wildman–Crippen LogP) is 4.99. The first-order valence-electron chi connectivity index (χ1n) is 7.37. The first-order chi connectivity index (χ1) is 11.3. The molecule has 4 heteroatoms. The van der Waals surface area contributed by atoms with Gasteiger partial charge in [0.05, 0.1) is 17.1 Å². The fourth-order valence-electron chi connectivity index (χ4n) is 2.88. The molecule has 0 fully saturated rings. The van der Waals surface area contributed by atoms with Crippen molar-refractivity contribution >= 4 is 34.4 Å². The fraction of sp³-hybridized carbons (Fsp3) is 0.0526. The van der Waals surface area contributed by atoms with Gasteiger partial charge in [-0.2, -0.15) is 0 Å². The molecular formula is C19H14ClN3. The number of fused-ring (bicyclic) bond motifs is 2. The number of halogens is 1. The summed E-state index contributed by atoms with van der Waals surface area (Å²) in [6, 6.07) is 20.3. The lowest BCUT2D eigenvalue weighted by atomic mass is 10.0. The number of pyridine rings is 1. The number of para-hydroxylation sites is 1. The van der Waals surface area contributed by atoms with E-state index in [4.69, 9.17) is 16.6 Å². The van der Waals surface area contributed by atoms with E-state index >= 15 is 0 Å². The Morgan fingerprint density at radius 3 is 2.43 bits per heavy atom. The smallest absolute Gasteiger partial charge is 0.156 e. The van der Waals surface area contributed by atoms with Crippen LogP contribution in [0.1, 0.15) is 11.1 Å². The Morgan fingerprint density at radius 1 is 0.870 bits per heavy atom. The van der Waals surface area contributed by atoms with Gasteiger partial charge in [0.2, 0.25) is 0 Å². The summed E-state index contributed by atoms with van der Waals surface area (Å²) < 4.78 is 0. The lowest BCUT2D eigenvalue weighted by Crippen LogP contribution is -2.12. The van der Waals surface area contributed by atoms with Gasteiger partial charge in [-0.15, -0.1) is 0 Å². The molecule has 0 saturated carbocycles. The van der Waals surface area contributed by atoms with Crippen molar-refractivity contribution in [1.29, 1.82) is 0 Å². The Labute approximate surface area is 139 Å². The first kappa shape index (κ1) is 14.0. The van der Waals surface area contributed by atoms with E-state index in [1.165, 1.54) is 0 Å². The van der Waals surface area contributed by atoms with Crippen molar-refractivity contribution in [2.75, 3.05) is 11.9 Å². The summed E-state index contributed by atoms with van der Waals surface area (Å²) in [5.41, 5.74) is 5.78. The van der Waals surface area contributed by atoms with Crippen LogP contribution in [0.3, 0.4) is 0 Å². The summed E-state index contributed by atoms with van der Waals surface area (Å²) in [6.45, 7) is 0. The van der Waals surface area contributed by atoms with Crippen LogP contribution in [0.15, 0.2) is 71.9 Å². The molecule has 0 amide bonds. The number of aliphatic imine (C=N–C) groups is 1. The van der Waals surface area contributed by atoms with Crippen LogP contribution in [0.4, 0.5) is 17.1 Å². The Bertz CT molecular complexity index is 903. The largest absolute Gasteiger partial charge is 0.342 e. The number of rotatable bonds is 1. The number of aromatic nitrogens is 1. The molecule has 0 bridgehead atoms. The molecule has 1 aliphatic heterocycles. The average molecular weight is 320 g/mol. The second kappa shape index (κ2) is 5.52. The van der Waals surface area contributed by atoms with E-state index in [2.05, 4.69) is 34.1 Å². The topological polar surface area (TPSA) is 28.5 Å². The molecule has 2 aromatic carbocycles. The summed E-state index contributed by atoms with van der Waals surface area (Å²) in [6.07, 6.45) is 1.71. The Kier molecular flexibility index (Phi) is 3.36. The van der Waals surface area contributed by atoms with E-state index < -0.39 is 0 Å². The maximum absolute atomic E-state index is 6.33. The summed E-state index contributed by atoms with van der Waals surface area (Å²) in [5, 5.41) is 0.413. The van der Waals surface area contributed by atoms with Gasteiger partial charge in [-0.05, 0) is 12.1 Å². The van der Waals surface area contributed by atoms with E-state index in [1.54, 1.807) is 6.20 Å². The monoisotopic (exact) mass is 319 g/mol. The minimum atomic E-state index is 0.413. The maximum Gasteiger partial charge on any atom is 0.156 e. The van der Waals surface area contributed by atoms with Crippen LogP contribution < -0.4 is 4.90 Å². The molecule has 0 N–H and O–H groups in total. The zero-order valence-electron chi connectivity index (χ0n) is 12.6. The molecule has 1 aromatic heterocycles. The van der Waals surface area contributed by atoms with E-state index in [1.807, 2.05) is 43.4 Å². The number of benzene rings is 2. The van der Waals surface area contributed by atoms with Crippen molar-refractivity contribution < 1.29 is 0 Å². The van der Waals surface area contributed by atoms with Crippen LogP contribution in [-0.4, -0.2) is 17.7 Å². The molecule has 0 spiro atoms. The number of hydrogen-bond acceptors (Lipinski definition) is 3. The van der Waals surface area contributed by atoms with Crippen molar-refractivity contribution in [2.45, 2.75) is 0 Å². The molecule has 0 aliphatic carbocycles. The van der Waals surface area contributed by atoms with Gasteiger partial charge in [0.25, 0.3) is 0 Å². The Morgan fingerprint density at radius 2 is 1.61 bits per heavy atom. The number of nitrogens with zero attached hydrogens (tertiary/aromatic N) is 3. The van der Waals surface area contributed by atoms with Crippen molar-refractivity contribution in [3.05, 3.63) is 83.1 Å². The molecular weight excluding hydrogens is 306 g/mol. The summed E-state index contributed by atoms with van der Waals surface area (Å²) in [5.74, 6) is 0. The van der Waals surface area contributed by atoms with Crippen LogP contribution in [0, 0.1) is 0 Å². The van der Waals surface area contributed by atoms with Gasteiger partial charge in [-0.25, -0.2) is 9.98 Å².